The molecule has 2 aliphatic rings. The van der Waals surface area contributed by atoms with Crippen LogP contribution < -0.4 is 5.32 Å². The molecule has 1 saturated heterocycles. The standard InChI is InChI=1S/C15H29NOS/c1-4-16-15(14-10-18-8-7-17-14)13-6-5-11(2)12(3)9-13/h11-16H,4-10H2,1-3H3. The zero-order valence-electron chi connectivity index (χ0n) is 12.2. The molecule has 2 fully saturated rings. The van der Waals surface area contributed by atoms with Crippen molar-refractivity contribution in [1.82, 2.24) is 5.32 Å². The van der Waals surface area contributed by atoms with E-state index in [4.69, 9.17) is 4.74 Å². The first-order chi connectivity index (χ1) is 8.72. The molecular weight excluding hydrogens is 242 g/mol. The fraction of sp³-hybridized carbons (Fsp3) is 1.00. The normalized spacial score (nSPS) is 39.5. The van der Waals surface area contributed by atoms with Crippen LogP contribution in [0.1, 0.15) is 40.0 Å². The van der Waals surface area contributed by atoms with Gasteiger partial charge in [-0.15, -0.1) is 0 Å². The Kier molecular flexibility index (Phi) is 5.84. The van der Waals surface area contributed by atoms with Crippen LogP contribution >= 0.6 is 11.8 Å². The van der Waals surface area contributed by atoms with Crippen molar-refractivity contribution in [1.29, 1.82) is 0 Å². The summed E-state index contributed by atoms with van der Waals surface area (Å²) in [6.07, 6.45) is 4.60. The van der Waals surface area contributed by atoms with Gasteiger partial charge >= 0.3 is 0 Å². The molecule has 0 radical (unpaired) electrons. The van der Waals surface area contributed by atoms with Gasteiger partial charge in [0.05, 0.1) is 12.7 Å². The van der Waals surface area contributed by atoms with Crippen molar-refractivity contribution < 1.29 is 4.74 Å². The van der Waals surface area contributed by atoms with Crippen LogP contribution in [-0.2, 0) is 4.74 Å². The molecule has 0 spiro atoms. The number of thioether (sulfide) groups is 1. The predicted octanol–water partition coefficient (Wildman–Crippen LogP) is 3.17. The molecule has 106 valence electrons. The van der Waals surface area contributed by atoms with Crippen molar-refractivity contribution in [2.45, 2.75) is 52.2 Å². The van der Waals surface area contributed by atoms with Gasteiger partial charge < -0.3 is 10.1 Å². The quantitative estimate of drug-likeness (QED) is 0.848. The van der Waals surface area contributed by atoms with Crippen molar-refractivity contribution in [3.63, 3.8) is 0 Å². The fourth-order valence-corrected chi connectivity index (χ4v) is 4.38. The molecule has 1 heterocycles. The number of ether oxygens (including phenoxy) is 1. The molecule has 0 aromatic rings. The van der Waals surface area contributed by atoms with Crippen molar-refractivity contribution in [2.24, 2.45) is 17.8 Å². The minimum absolute atomic E-state index is 0.439. The third kappa shape index (κ3) is 3.64. The largest absolute Gasteiger partial charge is 0.375 e. The lowest BCUT2D eigenvalue weighted by Gasteiger charge is -2.41. The fourth-order valence-electron chi connectivity index (χ4n) is 3.47. The van der Waals surface area contributed by atoms with Gasteiger partial charge in [0.1, 0.15) is 0 Å². The lowest BCUT2D eigenvalue weighted by Crippen LogP contribution is -2.50. The van der Waals surface area contributed by atoms with E-state index in [1.807, 2.05) is 0 Å². The zero-order valence-corrected chi connectivity index (χ0v) is 13.0. The Morgan fingerprint density at radius 2 is 2.11 bits per heavy atom. The highest BCUT2D eigenvalue weighted by Gasteiger charge is 2.35. The average Bonchev–Trinajstić information content (AvgIpc) is 2.40. The lowest BCUT2D eigenvalue weighted by atomic mass is 9.72. The van der Waals surface area contributed by atoms with E-state index < -0.39 is 0 Å². The number of hydrogen-bond donors (Lipinski definition) is 1. The summed E-state index contributed by atoms with van der Waals surface area (Å²) in [6.45, 7) is 9.07. The Morgan fingerprint density at radius 1 is 1.28 bits per heavy atom. The molecule has 2 rings (SSSR count). The van der Waals surface area contributed by atoms with Gasteiger partial charge in [-0.05, 0) is 37.1 Å². The van der Waals surface area contributed by atoms with Crippen LogP contribution in [0.3, 0.4) is 0 Å². The third-order valence-corrected chi connectivity index (χ3v) is 5.85. The van der Waals surface area contributed by atoms with E-state index in [0.29, 0.717) is 12.1 Å². The molecule has 1 aliphatic carbocycles. The summed E-state index contributed by atoms with van der Waals surface area (Å²) in [5, 5.41) is 3.72. The van der Waals surface area contributed by atoms with Crippen molar-refractivity contribution in [3.05, 3.63) is 0 Å². The number of nitrogens with one attached hydrogen (secondary N) is 1. The molecule has 0 aromatic heterocycles. The summed E-state index contributed by atoms with van der Waals surface area (Å²) in [5.74, 6) is 4.96. The number of likely N-dealkylation sites (N-methyl/N-ethyl adjacent to an activating group) is 1. The first kappa shape index (κ1) is 14.7. The van der Waals surface area contributed by atoms with Gasteiger partial charge in [-0.1, -0.05) is 27.2 Å². The molecule has 0 bridgehead atoms. The second kappa shape index (κ2) is 7.16. The first-order valence-corrected chi connectivity index (χ1v) is 8.80. The molecule has 1 aliphatic heterocycles. The van der Waals surface area contributed by atoms with E-state index in [0.717, 1.165) is 30.9 Å². The average molecular weight is 271 g/mol. The highest BCUT2D eigenvalue weighted by atomic mass is 32.2. The molecule has 5 unspecified atom stereocenters. The lowest BCUT2D eigenvalue weighted by molar-refractivity contribution is 0.0157. The van der Waals surface area contributed by atoms with E-state index in [2.05, 4.69) is 37.8 Å². The molecular formula is C15H29NOS. The van der Waals surface area contributed by atoms with Crippen LogP contribution in [0, 0.1) is 17.8 Å². The minimum Gasteiger partial charge on any atom is -0.375 e. The van der Waals surface area contributed by atoms with E-state index in [9.17, 15) is 0 Å². The number of rotatable bonds is 4. The zero-order chi connectivity index (χ0) is 13.0. The summed E-state index contributed by atoms with van der Waals surface area (Å²) in [6, 6.07) is 0.581. The van der Waals surface area contributed by atoms with Crippen LogP contribution in [0.15, 0.2) is 0 Å². The summed E-state index contributed by atoms with van der Waals surface area (Å²) in [4.78, 5) is 0. The molecule has 0 amide bonds. The number of hydrogen-bond acceptors (Lipinski definition) is 3. The Hall–Kier alpha value is 0.270. The minimum atomic E-state index is 0.439. The van der Waals surface area contributed by atoms with Crippen LogP contribution in [-0.4, -0.2) is 36.8 Å². The summed E-state index contributed by atoms with van der Waals surface area (Å²) in [7, 11) is 0. The highest BCUT2D eigenvalue weighted by Crippen LogP contribution is 2.36. The van der Waals surface area contributed by atoms with Gasteiger partial charge in [-0.3, -0.25) is 0 Å². The second-order valence-electron chi connectivity index (χ2n) is 6.10. The van der Waals surface area contributed by atoms with Crippen molar-refractivity contribution in [2.75, 3.05) is 24.7 Å². The van der Waals surface area contributed by atoms with E-state index in [1.54, 1.807) is 0 Å². The van der Waals surface area contributed by atoms with Gasteiger partial charge in [-0.25, -0.2) is 0 Å². The van der Waals surface area contributed by atoms with Crippen molar-refractivity contribution >= 4 is 11.8 Å². The summed E-state index contributed by atoms with van der Waals surface area (Å²) >= 11 is 2.06. The molecule has 5 atom stereocenters. The second-order valence-corrected chi connectivity index (χ2v) is 7.25. The third-order valence-electron chi connectivity index (χ3n) is 4.83. The van der Waals surface area contributed by atoms with E-state index in [-0.39, 0.29) is 0 Å². The Morgan fingerprint density at radius 3 is 2.72 bits per heavy atom. The van der Waals surface area contributed by atoms with Crippen molar-refractivity contribution in [3.8, 4) is 0 Å². The van der Waals surface area contributed by atoms with Crippen LogP contribution in [0.25, 0.3) is 0 Å². The maximum absolute atomic E-state index is 6.02. The first-order valence-electron chi connectivity index (χ1n) is 7.65. The molecule has 3 heteroatoms. The highest BCUT2D eigenvalue weighted by molar-refractivity contribution is 7.99. The van der Waals surface area contributed by atoms with Gasteiger partial charge in [0.2, 0.25) is 0 Å². The molecule has 1 saturated carbocycles. The van der Waals surface area contributed by atoms with Crippen LogP contribution in [0.2, 0.25) is 0 Å². The molecule has 0 aromatic carbocycles. The maximum atomic E-state index is 6.02. The maximum Gasteiger partial charge on any atom is 0.0821 e. The monoisotopic (exact) mass is 271 g/mol. The Labute approximate surface area is 117 Å². The SMILES string of the molecule is CCNC(C1CCC(C)C(C)C1)C1CSCCO1. The molecule has 2 nitrogen and oxygen atoms in total. The van der Waals surface area contributed by atoms with Gasteiger partial charge in [0, 0.05) is 17.5 Å². The van der Waals surface area contributed by atoms with Crippen LogP contribution in [0.5, 0.6) is 0 Å². The Bertz CT molecular complexity index is 243. The van der Waals surface area contributed by atoms with Crippen LogP contribution in [0.4, 0.5) is 0 Å². The smallest absolute Gasteiger partial charge is 0.0821 e. The molecule has 1 N–H and O–H groups in total. The van der Waals surface area contributed by atoms with Gasteiger partial charge in [0.25, 0.3) is 0 Å². The Balaban J connectivity index is 1.95. The summed E-state index contributed by atoms with van der Waals surface area (Å²) in [5.41, 5.74) is 0. The topological polar surface area (TPSA) is 21.3 Å². The van der Waals surface area contributed by atoms with E-state index in [1.165, 1.54) is 30.8 Å². The predicted molar refractivity (Wildman–Crippen MR) is 80.2 cm³/mol. The summed E-state index contributed by atoms with van der Waals surface area (Å²) < 4.78 is 6.02. The van der Waals surface area contributed by atoms with Gasteiger partial charge in [-0.2, -0.15) is 11.8 Å². The molecule has 18 heavy (non-hydrogen) atoms. The van der Waals surface area contributed by atoms with Gasteiger partial charge in [0.15, 0.2) is 0 Å². The van der Waals surface area contributed by atoms with E-state index >= 15 is 0 Å².